The van der Waals surface area contributed by atoms with E-state index in [-0.39, 0.29) is 26.1 Å². The molecular formula is C12H17Cl2NO3S. The SMILES string of the molecule is CC(C)(C)CCOc1c(Cl)cc(S(N)(=O)=O)cc1Cl. The third kappa shape index (κ3) is 5.18. The average molecular weight is 326 g/mol. The third-order valence-electron chi connectivity index (χ3n) is 2.40. The molecule has 0 aliphatic heterocycles. The van der Waals surface area contributed by atoms with Crippen molar-refractivity contribution in [2.75, 3.05) is 6.61 Å². The molecule has 4 nitrogen and oxygen atoms in total. The maximum atomic E-state index is 11.2. The van der Waals surface area contributed by atoms with Gasteiger partial charge in [-0.2, -0.15) is 0 Å². The number of rotatable bonds is 4. The molecule has 0 atom stereocenters. The highest BCUT2D eigenvalue weighted by Crippen LogP contribution is 2.35. The summed E-state index contributed by atoms with van der Waals surface area (Å²) in [5.74, 6) is 0.278. The Bertz CT molecular complexity index is 542. The lowest BCUT2D eigenvalue weighted by Gasteiger charge is -2.19. The lowest BCUT2D eigenvalue weighted by Crippen LogP contribution is -2.13. The minimum absolute atomic E-state index is 0.124. The van der Waals surface area contributed by atoms with Crippen LogP contribution in [0.2, 0.25) is 10.0 Å². The molecular weight excluding hydrogens is 309 g/mol. The van der Waals surface area contributed by atoms with Crippen LogP contribution in [0.3, 0.4) is 0 Å². The van der Waals surface area contributed by atoms with Crippen molar-refractivity contribution in [2.24, 2.45) is 10.6 Å². The molecule has 0 spiro atoms. The summed E-state index contributed by atoms with van der Waals surface area (Å²) in [7, 11) is -3.83. The predicted molar refractivity (Wildman–Crippen MR) is 77.4 cm³/mol. The van der Waals surface area contributed by atoms with Gasteiger partial charge in [-0.05, 0) is 24.0 Å². The van der Waals surface area contributed by atoms with Crippen LogP contribution in [0, 0.1) is 5.41 Å². The van der Waals surface area contributed by atoms with E-state index in [0.29, 0.717) is 6.61 Å². The molecule has 0 aromatic heterocycles. The van der Waals surface area contributed by atoms with Crippen molar-refractivity contribution in [2.45, 2.75) is 32.1 Å². The lowest BCUT2D eigenvalue weighted by atomic mass is 9.93. The second-order valence-corrected chi connectivity index (χ2v) is 7.80. The van der Waals surface area contributed by atoms with Crippen LogP contribution in [-0.2, 0) is 10.0 Å². The molecule has 0 unspecified atom stereocenters. The van der Waals surface area contributed by atoms with E-state index in [9.17, 15) is 8.42 Å². The highest BCUT2D eigenvalue weighted by molar-refractivity contribution is 7.89. The molecule has 7 heteroatoms. The number of primary sulfonamides is 1. The van der Waals surface area contributed by atoms with Crippen molar-refractivity contribution in [3.63, 3.8) is 0 Å². The Morgan fingerprint density at radius 3 is 2.05 bits per heavy atom. The number of hydrogen-bond donors (Lipinski definition) is 1. The Morgan fingerprint density at radius 1 is 1.21 bits per heavy atom. The molecule has 1 aromatic carbocycles. The summed E-state index contributed by atoms with van der Waals surface area (Å²) in [5, 5.41) is 5.28. The van der Waals surface area contributed by atoms with Gasteiger partial charge < -0.3 is 4.74 Å². The summed E-state index contributed by atoms with van der Waals surface area (Å²) in [6, 6.07) is 2.46. The number of halogens is 2. The maximum Gasteiger partial charge on any atom is 0.238 e. The highest BCUT2D eigenvalue weighted by Gasteiger charge is 2.17. The summed E-state index contributed by atoms with van der Waals surface area (Å²) in [5.41, 5.74) is 0.124. The van der Waals surface area contributed by atoms with E-state index in [1.807, 2.05) is 0 Å². The van der Waals surface area contributed by atoms with Crippen molar-refractivity contribution >= 4 is 33.2 Å². The molecule has 0 heterocycles. The fourth-order valence-corrected chi connectivity index (χ4v) is 2.59. The number of ether oxygens (including phenoxy) is 1. The summed E-state index contributed by atoms with van der Waals surface area (Å²) in [6.45, 7) is 6.70. The predicted octanol–water partition coefficient (Wildman–Crippen LogP) is 3.46. The van der Waals surface area contributed by atoms with Gasteiger partial charge in [0.1, 0.15) is 0 Å². The van der Waals surface area contributed by atoms with Gasteiger partial charge in [0.15, 0.2) is 5.75 Å². The van der Waals surface area contributed by atoms with E-state index in [2.05, 4.69) is 20.8 Å². The molecule has 2 N–H and O–H groups in total. The van der Waals surface area contributed by atoms with Gasteiger partial charge in [-0.3, -0.25) is 0 Å². The molecule has 0 fully saturated rings. The molecule has 19 heavy (non-hydrogen) atoms. The first kappa shape index (κ1) is 16.6. The van der Waals surface area contributed by atoms with Gasteiger partial charge in [0.2, 0.25) is 10.0 Å². The molecule has 1 rings (SSSR count). The lowest BCUT2D eigenvalue weighted by molar-refractivity contribution is 0.243. The van der Waals surface area contributed by atoms with E-state index in [1.54, 1.807) is 0 Å². The van der Waals surface area contributed by atoms with Crippen LogP contribution < -0.4 is 9.88 Å². The van der Waals surface area contributed by atoms with Crippen LogP contribution in [0.4, 0.5) is 0 Å². The highest BCUT2D eigenvalue weighted by atomic mass is 35.5. The van der Waals surface area contributed by atoms with Gasteiger partial charge in [0.25, 0.3) is 0 Å². The van der Waals surface area contributed by atoms with Crippen molar-refractivity contribution < 1.29 is 13.2 Å². The van der Waals surface area contributed by atoms with Gasteiger partial charge in [0.05, 0.1) is 21.5 Å². The van der Waals surface area contributed by atoms with Crippen molar-refractivity contribution in [1.29, 1.82) is 0 Å². The Morgan fingerprint density at radius 2 is 1.68 bits per heavy atom. The molecule has 0 bridgehead atoms. The van der Waals surface area contributed by atoms with Gasteiger partial charge in [-0.15, -0.1) is 0 Å². The van der Waals surface area contributed by atoms with E-state index >= 15 is 0 Å². The normalized spacial score (nSPS) is 12.5. The minimum Gasteiger partial charge on any atom is -0.490 e. The summed E-state index contributed by atoms with van der Waals surface area (Å²) in [6.07, 6.45) is 0.816. The molecule has 0 saturated carbocycles. The third-order valence-corrected chi connectivity index (χ3v) is 3.85. The van der Waals surface area contributed by atoms with Gasteiger partial charge in [-0.1, -0.05) is 44.0 Å². The Kier molecular flexibility index (Phi) is 5.12. The first-order valence-corrected chi connectivity index (χ1v) is 7.95. The number of benzene rings is 1. The van der Waals surface area contributed by atoms with Crippen molar-refractivity contribution in [1.82, 2.24) is 0 Å². The quantitative estimate of drug-likeness (QED) is 0.921. The molecule has 0 amide bonds. The van der Waals surface area contributed by atoms with Crippen molar-refractivity contribution in [3.05, 3.63) is 22.2 Å². The minimum atomic E-state index is -3.83. The van der Waals surface area contributed by atoms with Gasteiger partial charge in [-0.25, -0.2) is 13.6 Å². The fourth-order valence-electron chi connectivity index (χ4n) is 1.30. The molecule has 108 valence electrons. The van der Waals surface area contributed by atoms with Crippen LogP contribution >= 0.6 is 23.2 Å². The molecule has 0 radical (unpaired) electrons. The second kappa shape index (κ2) is 5.87. The zero-order valence-electron chi connectivity index (χ0n) is 11.0. The second-order valence-electron chi connectivity index (χ2n) is 5.42. The molecule has 0 saturated heterocycles. The Hall–Kier alpha value is -0.490. The summed E-state index contributed by atoms with van der Waals surface area (Å²) < 4.78 is 27.9. The molecule has 1 aromatic rings. The molecule has 0 aliphatic carbocycles. The first-order valence-electron chi connectivity index (χ1n) is 5.65. The molecule has 0 aliphatic rings. The Labute approximate surface area is 123 Å². The van der Waals surface area contributed by atoms with Crippen LogP contribution in [-0.4, -0.2) is 15.0 Å². The topological polar surface area (TPSA) is 69.4 Å². The standard InChI is InChI=1S/C12H17Cl2NO3S/c1-12(2,3)4-5-18-11-9(13)6-8(7-10(11)14)19(15,16)17/h6-7H,4-5H2,1-3H3,(H2,15,16,17). The van der Waals surface area contributed by atoms with Crippen LogP contribution in [0.1, 0.15) is 27.2 Å². The van der Waals surface area contributed by atoms with Crippen molar-refractivity contribution in [3.8, 4) is 5.75 Å². The zero-order valence-corrected chi connectivity index (χ0v) is 13.4. The van der Waals surface area contributed by atoms with Crippen LogP contribution in [0.25, 0.3) is 0 Å². The first-order chi connectivity index (χ1) is 8.50. The summed E-state index contributed by atoms with van der Waals surface area (Å²) >= 11 is 11.9. The van der Waals surface area contributed by atoms with E-state index in [4.69, 9.17) is 33.1 Å². The van der Waals surface area contributed by atoms with Crippen LogP contribution in [0.15, 0.2) is 17.0 Å². The monoisotopic (exact) mass is 325 g/mol. The number of nitrogens with two attached hydrogens (primary N) is 1. The zero-order chi connectivity index (χ0) is 14.8. The maximum absolute atomic E-state index is 11.2. The van der Waals surface area contributed by atoms with E-state index < -0.39 is 10.0 Å². The largest absolute Gasteiger partial charge is 0.490 e. The Balaban J connectivity index is 2.93. The van der Waals surface area contributed by atoms with Gasteiger partial charge >= 0.3 is 0 Å². The van der Waals surface area contributed by atoms with Gasteiger partial charge in [0, 0.05) is 0 Å². The smallest absolute Gasteiger partial charge is 0.238 e. The number of sulfonamides is 1. The van der Waals surface area contributed by atoms with E-state index in [0.717, 1.165) is 6.42 Å². The number of hydrogen-bond acceptors (Lipinski definition) is 3. The summed E-state index contributed by atoms with van der Waals surface area (Å²) in [4.78, 5) is -0.134. The fraction of sp³-hybridized carbons (Fsp3) is 0.500. The van der Waals surface area contributed by atoms with E-state index in [1.165, 1.54) is 12.1 Å². The van der Waals surface area contributed by atoms with Crippen LogP contribution in [0.5, 0.6) is 5.75 Å². The average Bonchev–Trinajstić information content (AvgIpc) is 2.18.